The van der Waals surface area contributed by atoms with Crippen molar-refractivity contribution < 1.29 is 24.2 Å². The van der Waals surface area contributed by atoms with Crippen LogP contribution in [0.15, 0.2) is 18.5 Å². The maximum Gasteiger partial charge on any atom is 0.408 e. The molecule has 10 heteroatoms. The number of hydrogen-bond donors (Lipinski definition) is 2. The summed E-state index contributed by atoms with van der Waals surface area (Å²) in [7, 11) is 0. The molecule has 0 unspecified atom stereocenters. The van der Waals surface area contributed by atoms with Gasteiger partial charge in [0.1, 0.15) is 23.0 Å². The van der Waals surface area contributed by atoms with Gasteiger partial charge in [0, 0.05) is 32.3 Å². The second-order valence-electron chi connectivity index (χ2n) is 9.53. The number of pyridine rings is 1. The van der Waals surface area contributed by atoms with E-state index in [0.29, 0.717) is 19.0 Å². The van der Waals surface area contributed by atoms with Crippen molar-refractivity contribution in [2.45, 2.75) is 71.6 Å². The molecule has 2 N–H and O–H groups in total. The van der Waals surface area contributed by atoms with Crippen LogP contribution in [0, 0.1) is 12.8 Å². The molecule has 1 fully saturated rings. The lowest BCUT2D eigenvalue weighted by Gasteiger charge is -2.32. The molecular weight excluding hydrogens is 426 g/mol. The minimum atomic E-state index is -1.19. The number of carboxylic acid groups (broad SMARTS) is 1. The highest BCUT2D eigenvalue weighted by Crippen LogP contribution is 2.23. The molecule has 0 radical (unpaired) electrons. The molecule has 1 aliphatic rings. The summed E-state index contributed by atoms with van der Waals surface area (Å²) >= 11 is 0. The molecule has 1 atom stereocenters. The first kappa shape index (κ1) is 24.5. The van der Waals surface area contributed by atoms with Gasteiger partial charge in [0.2, 0.25) is 5.91 Å². The van der Waals surface area contributed by atoms with Crippen LogP contribution in [0.4, 0.5) is 4.79 Å². The molecule has 1 aliphatic heterocycles. The molecular formula is C23H33N5O5. The maximum atomic E-state index is 12.7. The number of hydrogen-bond acceptors (Lipinski definition) is 6. The fourth-order valence-electron chi connectivity index (χ4n) is 4.09. The van der Waals surface area contributed by atoms with Crippen LogP contribution in [0.25, 0.3) is 11.0 Å². The number of nitrogens with one attached hydrogen (secondary N) is 1. The highest BCUT2D eigenvalue weighted by Gasteiger charge is 2.27. The number of carboxylic acids is 1. The number of amides is 2. The Hall–Kier alpha value is -3.17. The Kier molecular flexibility index (Phi) is 7.55. The average Bonchev–Trinajstić information content (AvgIpc) is 3.05. The third-order valence-corrected chi connectivity index (χ3v) is 5.79. The summed E-state index contributed by atoms with van der Waals surface area (Å²) in [5.74, 6) is 0.0964. The van der Waals surface area contributed by atoms with Gasteiger partial charge in [-0.05, 0) is 58.9 Å². The Bertz CT molecular complexity index is 1000. The van der Waals surface area contributed by atoms with Crippen LogP contribution in [-0.4, -0.2) is 67.2 Å². The molecule has 180 valence electrons. The largest absolute Gasteiger partial charge is 0.480 e. The van der Waals surface area contributed by atoms with E-state index in [9.17, 15) is 19.5 Å². The summed E-state index contributed by atoms with van der Waals surface area (Å²) in [4.78, 5) is 46.5. The van der Waals surface area contributed by atoms with E-state index >= 15 is 0 Å². The van der Waals surface area contributed by atoms with Crippen molar-refractivity contribution in [3.8, 4) is 0 Å². The quantitative estimate of drug-likeness (QED) is 0.652. The molecule has 33 heavy (non-hydrogen) atoms. The number of aliphatic carboxylic acids is 1. The maximum absolute atomic E-state index is 12.7. The van der Waals surface area contributed by atoms with E-state index in [4.69, 9.17) is 4.74 Å². The molecule has 3 rings (SSSR count). The monoisotopic (exact) mass is 459 g/mol. The van der Waals surface area contributed by atoms with Gasteiger partial charge >= 0.3 is 12.1 Å². The van der Waals surface area contributed by atoms with Crippen LogP contribution in [-0.2, 0) is 20.9 Å². The number of fused-ring (bicyclic) bond motifs is 1. The first-order valence-electron chi connectivity index (χ1n) is 11.3. The van der Waals surface area contributed by atoms with Crippen LogP contribution < -0.4 is 5.32 Å². The number of carbonyl (C=O) groups excluding carboxylic acids is 2. The Morgan fingerprint density at radius 1 is 1.27 bits per heavy atom. The van der Waals surface area contributed by atoms with Crippen LogP contribution in [0.3, 0.4) is 0 Å². The molecule has 2 amide bonds. The van der Waals surface area contributed by atoms with Crippen molar-refractivity contribution in [3.63, 3.8) is 0 Å². The van der Waals surface area contributed by atoms with Gasteiger partial charge in [-0.1, -0.05) is 0 Å². The second-order valence-corrected chi connectivity index (χ2v) is 9.53. The van der Waals surface area contributed by atoms with E-state index in [1.807, 2.05) is 13.0 Å². The zero-order valence-corrected chi connectivity index (χ0v) is 19.7. The molecule has 0 bridgehead atoms. The smallest absolute Gasteiger partial charge is 0.408 e. The van der Waals surface area contributed by atoms with Crippen LogP contribution in [0.2, 0.25) is 0 Å². The predicted octanol–water partition coefficient (Wildman–Crippen LogP) is 2.74. The van der Waals surface area contributed by atoms with Gasteiger partial charge < -0.3 is 24.6 Å². The van der Waals surface area contributed by atoms with Gasteiger partial charge in [0.05, 0.1) is 11.7 Å². The van der Waals surface area contributed by atoms with E-state index in [0.717, 1.165) is 36.2 Å². The number of likely N-dealkylation sites (tertiary alicyclic amines) is 1. The van der Waals surface area contributed by atoms with Gasteiger partial charge in [-0.15, -0.1) is 0 Å². The fraction of sp³-hybridized carbons (Fsp3) is 0.609. The Morgan fingerprint density at radius 2 is 1.97 bits per heavy atom. The Balaban J connectivity index is 1.48. The van der Waals surface area contributed by atoms with Gasteiger partial charge in [-0.2, -0.15) is 0 Å². The van der Waals surface area contributed by atoms with Crippen LogP contribution in [0.1, 0.15) is 52.3 Å². The van der Waals surface area contributed by atoms with Gasteiger partial charge in [-0.3, -0.25) is 9.78 Å². The van der Waals surface area contributed by atoms with Crippen molar-refractivity contribution in [2.75, 3.05) is 13.1 Å². The van der Waals surface area contributed by atoms with Gasteiger partial charge in [0.25, 0.3) is 0 Å². The number of rotatable bonds is 7. The number of carbonyl (C=O) groups is 3. The van der Waals surface area contributed by atoms with Crippen molar-refractivity contribution in [3.05, 3.63) is 24.3 Å². The van der Waals surface area contributed by atoms with Crippen LogP contribution in [0.5, 0.6) is 0 Å². The van der Waals surface area contributed by atoms with E-state index in [2.05, 4.69) is 19.9 Å². The third-order valence-electron chi connectivity index (χ3n) is 5.79. The number of ether oxygens (including phenoxy) is 1. The van der Waals surface area contributed by atoms with Crippen molar-refractivity contribution >= 4 is 29.0 Å². The zero-order chi connectivity index (χ0) is 24.2. The molecule has 2 aromatic rings. The molecule has 0 aromatic carbocycles. The predicted molar refractivity (Wildman–Crippen MR) is 122 cm³/mol. The SMILES string of the molecule is Cc1nc2cnccc2n1CC1CCN(C(=O)CC[C@H](NC(=O)OC(C)(C)C)C(=O)O)CC1. The highest BCUT2D eigenvalue weighted by molar-refractivity contribution is 5.82. The molecule has 10 nitrogen and oxygen atoms in total. The summed E-state index contributed by atoms with van der Waals surface area (Å²) in [5, 5.41) is 11.7. The van der Waals surface area contributed by atoms with Crippen molar-refractivity contribution in [2.24, 2.45) is 5.92 Å². The lowest BCUT2D eigenvalue weighted by Crippen LogP contribution is -2.45. The molecule has 0 saturated carbocycles. The summed E-state index contributed by atoms with van der Waals surface area (Å²) < 4.78 is 7.32. The van der Waals surface area contributed by atoms with Gasteiger partial charge in [0.15, 0.2) is 0 Å². The first-order chi connectivity index (χ1) is 15.5. The van der Waals surface area contributed by atoms with Crippen LogP contribution >= 0.6 is 0 Å². The lowest BCUT2D eigenvalue weighted by molar-refractivity contribution is -0.140. The Morgan fingerprint density at radius 3 is 2.61 bits per heavy atom. The Labute approximate surface area is 193 Å². The number of aryl methyl sites for hydroxylation is 1. The summed E-state index contributed by atoms with van der Waals surface area (Å²) in [5.41, 5.74) is 1.22. The van der Waals surface area contributed by atoms with Gasteiger partial charge in [-0.25, -0.2) is 14.6 Å². The summed E-state index contributed by atoms with van der Waals surface area (Å²) in [6.45, 7) is 9.19. The normalized spacial score (nSPS) is 15.9. The van der Waals surface area contributed by atoms with E-state index in [1.165, 1.54) is 0 Å². The summed E-state index contributed by atoms with van der Waals surface area (Å²) in [6.07, 6.45) is 4.53. The molecule has 3 heterocycles. The number of alkyl carbamates (subject to hydrolysis) is 1. The first-order valence-corrected chi connectivity index (χ1v) is 11.3. The average molecular weight is 460 g/mol. The molecule has 1 saturated heterocycles. The molecule has 0 aliphatic carbocycles. The minimum Gasteiger partial charge on any atom is -0.480 e. The van der Waals surface area contributed by atoms with E-state index in [-0.39, 0.29) is 18.7 Å². The summed E-state index contributed by atoms with van der Waals surface area (Å²) in [6, 6.07) is 0.798. The highest BCUT2D eigenvalue weighted by atomic mass is 16.6. The zero-order valence-electron chi connectivity index (χ0n) is 19.7. The van der Waals surface area contributed by atoms with Crippen molar-refractivity contribution in [1.82, 2.24) is 24.8 Å². The standard InChI is InChI=1S/C23H33N5O5/c1-15-25-18-13-24-10-7-19(18)28(15)14-16-8-11-27(12-9-16)20(29)6-5-17(21(30)31)26-22(32)33-23(2,3)4/h7,10,13,16-17H,5-6,8-9,11-12,14H2,1-4H3,(H,26,32)(H,30,31)/t17-/m0/s1. The number of piperidine rings is 1. The minimum absolute atomic E-state index is 0.0155. The number of imidazole rings is 1. The lowest BCUT2D eigenvalue weighted by atomic mass is 9.96. The van der Waals surface area contributed by atoms with Crippen molar-refractivity contribution in [1.29, 1.82) is 0 Å². The topological polar surface area (TPSA) is 127 Å². The number of nitrogens with zero attached hydrogens (tertiary/aromatic N) is 4. The number of aromatic nitrogens is 3. The fourth-order valence-corrected chi connectivity index (χ4v) is 4.09. The second kappa shape index (κ2) is 10.2. The molecule has 2 aromatic heterocycles. The van der Waals surface area contributed by atoms with E-state index in [1.54, 1.807) is 38.1 Å². The molecule has 0 spiro atoms. The third kappa shape index (κ3) is 6.66. The van der Waals surface area contributed by atoms with E-state index < -0.39 is 23.7 Å².